The minimum atomic E-state index is 0.248. The van der Waals surface area contributed by atoms with Crippen molar-refractivity contribution < 1.29 is 5.11 Å². The summed E-state index contributed by atoms with van der Waals surface area (Å²) < 4.78 is 2.00. The normalized spacial score (nSPS) is 11.1. The molecule has 0 aliphatic rings. The van der Waals surface area contributed by atoms with Crippen molar-refractivity contribution in [1.29, 1.82) is 0 Å². The molecule has 0 saturated carbocycles. The van der Waals surface area contributed by atoms with Gasteiger partial charge in [0.05, 0.1) is 5.69 Å². The molecule has 0 saturated heterocycles. The minimum Gasteiger partial charge on any atom is -0.508 e. The molecule has 0 aliphatic heterocycles. The van der Waals surface area contributed by atoms with Gasteiger partial charge in [0, 0.05) is 35.8 Å². The number of rotatable bonds is 1. The summed E-state index contributed by atoms with van der Waals surface area (Å²) in [4.78, 5) is 0. The average molecular weight is 228 g/mol. The summed E-state index contributed by atoms with van der Waals surface area (Å²) >= 11 is 0. The number of hydrogen-bond donors (Lipinski definition) is 3. The number of hydrogen-bond acceptors (Lipinski definition) is 3. The van der Waals surface area contributed by atoms with E-state index in [2.05, 4.69) is 10.2 Å². The van der Waals surface area contributed by atoms with Crippen molar-refractivity contribution >= 4 is 16.7 Å². The van der Waals surface area contributed by atoms with E-state index in [1.54, 1.807) is 18.2 Å². The number of aromatic hydroxyl groups is 1. The number of H-pyrrole nitrogens is 1. The summed E-state index contributed by atoms with van der Waals surface area (Å²) in [5, 5.41) is 17.3. The first-order valence-electron chi connectivity index (χ1n) is 5.24. The van der Waals surface area contributed by atoms with Crippen molar-refractivity contribution in [1.82, 2.24) is 14.8 Å². The average Bonchev–Trinajstić information content (AvgIpc) is 2.83. The lowest BCUT2D eigenvalue weighted by Crippen LogP contribution is -1.82. The van der Waals surface area contributed by atoms with Crippen molar-refractivity contribution in [2.45, 2.75) is 0 Å². The van der Waals surface area contributed by atoms with Gasteiger partial charge in [-0.3, -0.25) is 5.10 Å². The van der Waals surface area contributed by atoms with Crippen LogP contribution in [-0.4, -0.2) is 19.9 Å². The Kier molecular flexibility index (Phi) is 1.89. The lowest BCUT2D eigenvalue weighted by Gasteiger charge is -1.97. The van der Waals surface area contributed by atoms with E-state index in [1.165, 1.54) is 0 Å². The first kappa shape index (κ1) is 9.77. The highest BCUT2D eigenvalue weighted by Crippen LogP contribution is 2.31. The SMILES string of the molecule is Cn1cc(-c2cc(N)n[nH]2)c2cc(O)ccc21. The maximum atomic E-state index is 9.56. The van der Waals surface area contributed by atoms with Crippen LogP contribution in [0.2, 0.25) is 0 Å². The summed E-state index contributed by atoms with van der Waals surface area (Å²) in [5.74, 6) is 0.703. The van der Waals surface area contributed by atoms with Gasteiger partial charge in [-0.05, 0) is 18.2 Å². The number of aryl methyl sites for hydroxylation is 1. The van der Waals surface area contributed by atoms with Crippen LogP contribution in [0.3, 0.4) is 0 Å². The van der Waals surface area contributed by atoms with Gasteiger partial charge >= 0.3 is 0 Å². The van der Waals surface area contributed by atoms with E-state index >= 15 is 0 Å². The summed E-state index contributed by atoms with van der Waals surface area (Å²) in [7, 11) is 1.96. The molecule has 3 aromatic rings. The molecule has 4 N–H and O–H groups in total. The zero-order chi connectivity index (χ0) is 12.0. The van der Waals surface area contributed by atoms with Crippen LogP contribution < -0.4 is 5.73 Å². The van der Waals surface area contributed by atoms with Gasteiger partial charge in [0.25, 0.3) is 0 Å². The lowest BCUT2D eigenvalue weighted by molar-refractivity contribution is 0.476. The molecule has 86 valence electrons. The Labute approximate surface area is 97.5 Å². The van der Waals surface area contributed by atoms with Crippen LogP contribution in [0.4, 0.5) is 5.82 Å². The predicted octanol–water partition coefficient (Wildman–Crippen LogP) is 1.86. The summed E-state index contributed by atoms with van der Waals surface area (Å²) in [6.45, 7) is 0. The Bertz CT molecular complexity index is 696. The minimum absolute atomic E-state index is 0.248. The number of nitrogens with two attached hydrogens (primary N) is 1. The zero-order valence-electron chi connectivity index (χ0n) is 9.31. The van der Waals surface area contributed by atoms with Crippen LogP contribution in [0.5, 0.6) is 5.75 Å². The third kappa shape index (κ3) is 1.44. The molecule has 0 bridgehead atoms. The first-order valence-corrected chi connectivity index (χ1v) is 5.24. The summed E-state index contributed by atoms with van der Waals surface area (Å²) in [6, 6.07) is 7.07. The van der Waals surface area contributed by atoms with Gasteiger partial charge < -0.3 is 15.4 Å². The van der Waals surface area contributed by atoms with Crippen molar-refractivity contribution in [2.24, 2.45) is 7.05 Å². The van der Waals surface area contributed by atoms with Gasteiger partial charge in [-0.2, -0.15) is 5.10 Å². The molecule has 0 amide bonds. The fourth-order valence-corrected chi connectivity index (χ4v) is 2.07. The first-order chi connectivity index (χ1) is 8.15. The second-order valence-corrected chi connectivity index (χ2v) is 4.06. The highest BCUT2D eigenvalue weighted by molar-refractivity contribution is 5.96. The third-order valence-electron chi connectivity index (χ3n) is 2.86. The molecule has 0 atom stereocenters. The standard InChI is InChI=1S/C12H12N4O/c1-16-6-9(10-5-12(13)15-14-10)8-4-7(17)2-3-11(8)16/h2-6,17H,1H3,(H3,13,14,15). The molecule has 0 aliphatic carbocycles. The van der Waals surface area contributed by atoms with Gasteiger partial charge in [-0.15, -0.1) is 0 Å². The van der Waals surface area contributed by atoms with E-state index in [-0.39, 0.29) is 5.75 Å². The number of nitrogens with one attached hydrogen (secondary N) is 1. The number of nitrogen functional groups attached to an aromatic ring is 1. The smallest absolute Gasteiger partial charge is 0.145 e. The molecule has 0 unspecified atom stereocenters. The fraction of sp³-hybridized carbons (Fsp3) is 0.0833. The highest BCUT2D eigenvalue weighted by atomic mass is 16.3. The van der Waals surface area contributed by atoms with Crippen molar-refractivity contribution in [3.63, 3.8) is 0 Å². The molecule has 5 heteroatoms. The quantitative estimate of drug-likeness (QED) is 0.594. The van der Waals surface area contributed by atoms with Gasteiger partial charge in [-0.25, -0.2) is 0 Å². The van der Waals surface area contributed by atoms with Crippen LogP contribution in [0.1, 0.15) is 0 Å². The molecule has 3 rings (SSSR count). The maximum Gasteiger partial charge on any atom is 0.145 e. The Balaban J connectivity index is 2.33. The Morgan fingerprint density at radius 3 is 2.88 bits per heavy atom. The topological polar surface area (TPSA) is 79.9 Å². The van der Waals surface area contributed by atoms with E-state index in [4.69, 9.17) is 5.73 Å². The van der Waals surface area contributed by atoms with Crippen molar-refractivity contribution in [3.05, 3.63) is 30.5 Å². The van der Waals surface area contributed by atoms with Crippen molar-refractivity contribution in [2.75, 3.05) is 5.73 Å². The van der Waals surface area contributed by atoms with Crippen LogP contribution in [0.15, 0.2) is 30.5 Å². The number of benzene rings is 1. The number of phenolic OH excluding ortho intramolecular Hbond substituents is 1. The largest absolute Gasteiger partial charge is 0.508 e. The van der Waals surface area contributed by atoms with Gasteiger partial charge in [0.15, 0.2) is 0 Å². The number of fused-ring (bicyclic) bond motifs is 1. The molecule has 0 spiro atoms. The van der Waals surface area contributed by atoms with E-state index in [1.807, 2.05) is 23.9 Å². The van der Waals surface area contributed by atoms with Crippen molar-refractivity contribution in [3.8, 4) is 17.0 Å². The Morgan fingerprint density at radius 2 is 2.18 bits per heavy atom. The molecule has 17 heavy (non-hydrogen) atoms. The Morgan fingerprint density at radius 1 is 1.35 bits per heavy atom. The summed E-state index contributed by atoms with van der Waals surface area (Å²) in [6.07, 6.45) is 1.98. The number of anilines is 1. The fourth-order valence-electron chi connectivity index (χ4n) is 2.07. The van der Waals surface area contributed by atoms with E-state index < -0.39 is 0 Å². The number of nitrogens with zero attached hydrogens (tertiary/aromatic N) is 2. The van der Waals surface area contributed by atoms with Crippen LogP contribution in [0.25, 0.3) is 22.2 Å². The van der Waals surface area contributed by atoms with E-state index in [0.717, 1.165) is 22.2 Å². The van der Waals surface area contributed by atoms with Gasteiger partial charge in [0.1, 0.15) is 11.6 Å². The molecule has 1 aromatic carbocycles. The van der Waals surface area contributed by atoms with Crippen LogP contribution >= 0.6 is 0 Å². The molecular weight excluding hydrogens is 216 g/mol. The summed E-state index contributed by atoms with van der Waals surface area (Å²) in [5.41, 5.74) is 8.47. The highest BCUT2D eigenvalue weighted by Gasteiger charge is 2.11. The van der Waals surface area contributed by atoms with Gasteiger partial charge in [0.2, 0.25) is 0 Å². The molecule has 0 fully saturated rings. The molecule has 2 aromatic heterocycles. The lowest BCUT2D eigenvalue weighted by atomic mass is 10.1. The maximum absolute atomic E-state index is 9.56. The van der Waals surface area contributed by atoms with Crippen LogP contribution in [-0.2, 0) is 7.05 Å². The second-order valence-electron chi connectivity index (χ2n) is 4.06. The second kappa shape index (κ2) is 3.28. The van der Waals surface area contributed by atoms with Gasteiger partial charge in [-0.1, -0.05) is 0 Å². The number of phenols is 1. The number of aromatic nitrogens is 3. The third-order valence-corrected chi connectivity index (χ3v) is 2.86. The van der Waals surface area contributed by atoms with E-state index in [9.17, 15) is 5.11 Å². The zero-order valence-corrected chi connectivity index (χ0v) is 9.31. The number of aromatic amines is 1. The predicted molar refractivity (Wildman–Crippen MR) is 66.6 cm³/mol. The van der Waals surface area contributed by atoms with E-state index in [0.29, 0.717) is 5.82 Å². The molecule has 2 heterocycles. The van der Waals surface area contributed by atoms with Crippen LogP contribution in [0, 0.1) is 0 Å². The molecule has 0 radical (unpaired) electrons. The monoisotopic (exact) mass is 228 g/mol. The molecule has 5 nitrogen and oxygen atoms in total. The Hall–Kier alpha value is -2.43. The molecular formula is C12H12N4O.